The van der Waals surface area contributed by atoms with E-state index in [1.165, 1.54) is 0 Å². The van der Waals surface area contributed by atoms with E-state index in [4.69, 9.17) is 4.74 Å². The van der Waals surface area contributed by atoms with Crippen molar-refractivity contribution in [1.82, 2.24) is 4.90 Å². The fourth-order valence-corrected chi connectivity index (χ4v) is 2.29. The van der Waals surface area contributed by atoms with Gasteiger partial charge in [0.2, 0.25) is 0 Å². The minimum Gasteiger partial charge on any atom is -0.494 e. The number of aliphatic hydroxyl groups is 1. The Morgan fingerprint density at radius 3 is 2.84 bits per heavy atom. The van der Waals surface area contributed by atoms with Gasteiger partial charge in [-0.1, -0.05) is 0 Å². The van der Waals surface area contributed by atoms with E-state index < -0.39 is 0 Å². The molecule has 1 heterocycles. The average Bonchev–Trinajstić information content (AvgIpc) is 2.90. The molecule has 2 N–H and O–H groups in total. The number of hydrogen-bond acceptors (Lipinski definition) is 3. The third kappa shape index (κ3) is 3.38. The molecule has 1 fully saturated rings. The maximum Gasteiger partial charge on any atom is 0.322 e. The number of hydrogen-bond donors (Lipinski definition) is 2. The van der Waals surface area contributed by atoms with Crippen LogP contribution in [0.3, 0.4) is 0 Å². The summed E-state index contributed by atoms with van der Waals surface area (Å²) in [6.45, 7) is 3.28. The van der Waals surface area contributed by atoms with Crippen molar-refractivity contribution in [3.8, 4) is 5.75 Å². The topological polar surface area (TPSA) is 61.8 Å². The van der Waals surface area contributed by atoms with Crippen molar-refractivity contribution >= 4 is 11.7 Å². The molecule has 0 aromatic heterocycles. The molecule has 0 aliphatic carbocycles. The number of carbonyl (C=O) groups excluding carboxylic acids is 1. The first-order valence-electron chi connectivity index (χ1n) is 6.66. The van der Waals surface area contributed by atoms with E-state index in [-0.39, 0.29) is 18.7 Å². The van der Waals surface area contributed by atoms with Crippen molar-refractivity contribution in [2.45, 2.75) is 25.8 Å². The molecule has 0 radical (unpaired) electrons. The van der Waals surface area contributed by atoms with Crippen LogP contribution in [0.5, 0.6) is 5.75 Å². The highest BCUT2D eigenvalue weighted by atomic mass is 16.5. The molecule has 104 valence electrons. The lowest BCUT2D eigenvalue weighted by Crippen LogP contribution is -2.40. The monoisotopic (exact) mass is 264 g/mol. The second-order valence-corrected chi connectivity index (χ2v) is 4.56. The van der Waals surface area contributed by atoms with Crippen LogP contribution in [0.1, 0.15) is 19.8 Å². The highest BCUT2D eigenvalue weighted by Gasteiger charge is 2.27. The van der Waals surface area contributed by atoms with Crippen LogP contribution in [0.15, 0.2) is 24.3 Å². The van der Waals surface area contributed by atoms with Crippen LogP contribution in [0.4, 0.5) is 10.5 Å². The summed E-state index contributed by atoms with van der Waals surface area (Å²) >= 11 is 0. The minimum atomic E-state index is -0.152. The standard InChI is InChI=1S/C14H20N2O3/c1-2-19-13-7-5-11(6-8-13)15-14(18)16-9-3-4-12(16)10-17/h5-8,12,17H,2-4,9-10H2,1H3,(H,15,18)/t12-/m1/s1. The Bertz CT molecular complexity index is 419. The number of urea groups is 1. The molecular weight excluding hydrogens is 244 g/mol. The van der Waals surface area contributed by atoms with Gasteiger partial charge in [-0.05, 0) is 44.0 Å². The number of ether oxygens (including phenoxy) is 1. The fourth-order valence-electron chi connectivity index (χ4n) is 2.29. The normalized spacial score (nSPS) is 18.4. The molecule has 0 unspecified atom stereocenters. The third-order valence-electron chi connectivity index (χ3n) is 3.27. The van der Waals surface area contributed by atoms with Crippen molar-refractivity contribution in [3.05, 3.63) is 24.3 Å². The first kappa shape index (κ1) is 13.7. The van der Waals surface area contributed by atoms with Crippen molar-refractivity contribution in [2.24, 2.45) is 0 Å². The van der Waals surface area contributed by atoms with Gasteiger partial charge in [0.25, 0.3) is 0 Å². The Balaban J connectivity index is 1.94. The first-order valence-corrected chi connectivity index (χ1v) is 6.66. The van der Waals surface area contributed by atoms with Gasteiger partial charge >= 0.3 is 6.03 Å². The van der Waals surface area contributed by atoms with Gasteiger partial charge < -0.3 is 20.1 Å². The number of anilines is 1. The molecule has 5 heteroatoms. The zero-order chi connectivity index (χ0) is 13.7. The highest BCUT2D eigenvalue weighted by Crippen LogP contribution is 2.20. The summed E-state index contributed by atoms with van der Waals surface area (Å²) in [7, 11) is 0. The van der Waals surface area contributed by atoms with E-state index in [1.54, 1.807) is 4.90 Å². The van der Waals surface area contributed by atoms with E-state index >= 15 is 0 Å². The Hall–Kier alpha value is -1.75. The zero-order valence-corrected chi connectivity index (χ0v) is 11.1. The van der Waals surface area contributed by atoms with Crippen LogP contribution in [0.2, 0.25) is 0 Å². The molecule has 0 spiro atoms. The largest absolute Gasteiger partial charge is 0.494 e. The Morgan fingerprint density at radius 2 is 2.21 bits per heavy atom. The first-order chi connectivity index (χ1) is 9.24. The summed E-state index contributed by atoms with van der Waals surface area (Å²) in [5.41, 5.74) is 0.733. The zero-order valence-electron chi connectivity index (χ0n) is 11.1. The molecule has 1 aliphatic rings. The van der Waals surface area contributed by atoms with Crippen molar-refractivity contribution < 1.29 is 14.6 Å². The van der Waals surface area contributed by atoms with Gasteiger partial charge in [-0.2, -0.15) is 0 Å². The van der Waals surface area contributed by atoms with Crippen LogP contribution < -0.4 is 10.1 Å². The van der Waals surface area contributed by atoms with E-state index in [0.29, 0.717) is 13.2 Å². The predicted octanol–water partition coefficient (Wildman–Crippen LogP) is 2.07. The second-order valence-electron chi connectivity index (χ2n) is 4.56. The Kier molecular flexibility index (Phi) is 4.63. The molecular formula is C14H20N2O3. The van der Waals surface area contributed by atoms with Gasteiger partial charge in [-0.25, -0.2) is 4.79 Å². The molecule has 1 saturated heterocycles. The molecule has 19 heavy (non-hydrogen) atoms. The van der Waals surface area contributed by atoms with E-state index in [1.807, 2.05) is 31.2 Å². The summed E-state index contributed by atoms with van der Waals surface area (Å²) in [4.78, 5) is 13.8. The van der Waals surface area contributed by atoms with Crippen LogP contribution in [0.25, 0.3) is 0 Å². The molecule has 2 rings (SSSR count). The lowest BCUT2D eigenvalue weighted by molar-refractivity contribution is 0.166. The molecule has 0 saturated carbocycles. The number of carbonyl (C=O) groups is 1. The number of rotatable bonds is 4. The van der Waals surface area contributed by atoms with E-state index in [9.17, 15) is 9.90 Å². The van der Waals surface area contributed by atoms with Gasteiger partial charge in [-0.15, -0.1) is 0 Å². The number of aliphatic hydroxyl groups excluding tert-OH is 1. The molecule has 5 nitrogen and oxygen atoms in total. The fraction of sp³-hybridized carbons (Fsp3) is 0.500. The number of likely N-dealkylation sites (tertiary alicyclic amines) is 1. The van der Waals surface area contributed by atoms with E-state index in [0.717, 1.165) is 24.3 Å². The predicted molar refractivity (Wildman–Crippen MR) is 73.4 cm³/mol. The quantitative estimate of drug-likeness (QED) is 0.875. The van der Waals surface area contributed by atoms with Crippen molar-refractivity contribution in [3.63, 3.8) is 0 Å². The number of amides is 2. The number of benzene rings is 1. The summed E-state index contributed by atoms with van der Waals surface area (Å²) in [5, 5.41) is 12.0. The number of nitrogens with one attached hydrogen (secondary N) is 1. The molecule has 1 atom stereocenters. The average molecular weight is 264 g/mol. The third-order valence-corrected chi connectivity index (χ3v) is 3.27. The van der Waals surface area contributed by atoms with Crippen molar-refractivity contribution in [2.75, 3.05) is 25.1 Å². The summed E-state index contributed by atoms with van der Waals surface area (Å²) < 4.78 is 5.34. The summed E-state index contributed by atoms with van der Waals surface area (Å²) in [6, 6.07) is 7.07. The lowest BCUT2D eigenvalue weighted by Gasteiger charge is -2.23. The maximum atomic E-state index is 12.1. The van der Waals surface area contributed by atoms with Crippen LogP contribution in [-0.4, -0.2) is 41.8 Å². The summed E-state index contributed by atoms with van der Waals surface area (Å²) in [5.74, 6) is 0.787. The molecule has 1 aromatic carbocycles. The minimum absolute atomic E-state index is 0.0245. The SMILES string of the molecule is CCOc1ccc(NC(=O)N2CCC[C@@H]2CO)cc1. The van der Waals surface area contributed by atoms with Crippen LogP contribution in [-0.2, 0) is 0 Å². The molecule has 1 aliphatic heterocycles. The van der Waals surface area contributed by atoms with Gasteiger partial charge in [0, 0.05) is 12.2 Å². The number of nitrogens with zero attached hydrogens (tertiary/aromatic N) is 1. The Morgan fingerprint density at radius 1 is 1.47 bits per heavy atom. The van der Waals surface area contributed by atoms with E-state index in [2.05, 4.69) is 5.32 Å². The van der Waals surface area contributed by atoms with Crippen molar-refractivity contribution in [1.29, 1.82) is 0 Å². The second kappa shape index (κ2) is 6.43. The lowest BCUT2D eigenvalue weighted by atomic mass is 10.2. The van der Waals surface area contributed by atoms with Gasteiger partial charge in [0.05, 0.1) is 19.3 Å². The highest BCUT2D eigenvalue weighted by molar-refractivity contribution is 5.89. The summed E-state index contributed by atoms with van der Waals surface area (Å²) in [6.07, 6.45) is 1.81. The molecule has 0 bridgehead atoms. The molecule has 1 aromatic rings. The van der Waals surface area contributed by atoms with Gasteiger partial charge in [0.15, 0.2) is 0 Å². The molecule has 2 amide bonds. The van der Waals surface area contributed by atoms with Crippen LogP contribution in [0, 0.1) is 0 Å². The smallest absolute Gasteiger partial charge is 0.322 e. The Labute approximate surface area is 113 Å². The maximum absolute atomic E-state index is 12.1. The van der Waals surface area contributed by atoms with Gasteiger partial charge in [0.1, 0.15) is 5.75 Å². The van der Waals surface area contributed by atoms with Gasteiger partial charge in [-0.3, -0.25) is 0 Å². The van der Waals surface area contributed by atoms with Crippen LogP contribution >= 0.6 is 0 Å².